The molecule has 10 heteroatoms. The number of nitrogens with zero attached hydrogens (tertiary/aromatic N) is 8. The number of carbonyl (C=O) groups is 1. The number of hydrogen-bond donors (Lipinski definition) is 0. The lowest BCUT2D eigenvalue weighted by Crippen LogP contribution is -2.52. The second kappa shape index (κ2) is 6.00. The van der Waals surface area contributed by atoms with E-state index < -0.39 is 0 Å². The summed E-state index contributed by atoms with van der Waals surface area (Å²) in [6, 6.07) is 5.41. The Balaban J connectivity index is 1.66. The highest BCUT2D eigenvalue weighted by Gasteiger charge is 2.33. The highest BCUT2D eigenvalue weighted by molar-refractivity contribution is 5.80. The van der Waals surface area contributed by atoms with Crippen LogP contribution in [0.1, 0.15) is 18.5 Å². The number of imidazole rings is 1. The molecule has 10 nitrogen and oxygen atoms in total. The van der Waals surface area contributed by atoms with Crippen LogP contribution in [0.15, 0.2) is 35.5 Å². The number of pyridine rings is 1. The molecule has 0 aromatic carbocycles. The van der Waals surface area contributed by atoms with E-state index in [4.69, 9.17) is 0 Å². The van der Waals surface area contributed by atoms with Gasteiger partial charge in [-0.3, -0.25) is 13.9 Å². The van der Waals surface area contributed by atoms with Crippen LogP contribution in [0.2, 0.25) is 0 Å². The monoisotopic (exact) mass is 388 g/mol. The number of nitriles is 1. The first-order valence-electron chi connectivity index (χ1n) is 9.05. The van der Waals surface area contributed by atoms with Gasteiger partial charge in [0.15, 0.2) is 11.5 Å². The number of aryl methyl sites for hydroxylation is 1. The van der Waals surface area contributed by atoms with Crippen molar-refractivity contribution >= 4 is 22.6 Å². The molecule has 1 amide bonds. The summed E-state index contributed by atoms with van der Waals surface area (Å²) >= 11 is 0. The molecule has 1 aliphatic rings. The molecule has 0 spiro atoms. The summed E-state index contributed by atoms with van der Waals surface area (Å²) in [7, 11) is 1.68. The number of rotatable bonds is 2. The van der Waals surface area contributed by atoms with E-state index in [2.05, 4.69) is 21.1 Å². The first-order valence-corrected chi connectivity index (χ1v) is 9.05. The fourth-order valence-corrected chi connectivity index (χ4v) is 3.69. The third-order valence-electron chi connectivity index (χ3n) is 5.40. The van der Waals surface area contributed by atoms with Crippen molar-refractivity contribution < 1.29 is 4.79 Å². The van der Waals surface area contributed by atoms with Crippen molar-refractivity contribution in [2.75, 3.05) is 13.1 Å². The molecule has 4 aromatic heterocycles. The molecule has 0 saturated carbocycles. The third-order valence-corrected chi connectivity index (χ3v) is 5.40. The van der Waals surface area contributed by atoms with E-state index in [1.165, 1.54) is 11.5 Å². The Morgan fingerprint density at radius 1 is 1.28 bits per heavy atom. The van der Waals surface area contributed by atoms with Crippen molar-refractivity contribution in [3.63, 3.8) is 0 Å². The molecule has 144 valence electrons. The molecule has 1 aliphatic heterocycles. The Morgan fingerprint density at radius 3 is 2.79 bits per heavy atom. The molecule has 0 atom stereocenters. The lowest BCUT2D eigenvalue weighted by atomic mass is 10.1. The molecule has 29 heavy (non-hydrogen) atoms. The van der Waals surface area contributed by atoms with E-state index in [-0.39, 0.29) is 17.6 Å². The van der Waals surface area contributed by atoms with Crippen LogP contribution in [0.5, 0.6) is 0 Å². The highest BCUT2D eigenvalue weighted by atomic mass is 16.2. The first-order chi connectivity index (χ1) is 14.0. The van der Waals surface area contributed by atoms with E-state index in [9.17, 15) is 14.9 Å². The van der Waals surface area contributed by atoms with Gasteiger partial charge in [0.2, 0.25) is 5.91 Å². The molecule has 1 fully saturated rings. The van der Waals surface area contributed by atoms with Crippen molar-refractivity contribution in [2.24, 2.45) is 7.05 Å². The quantitative estimate of drug-likeness (QED) is 0.500. The lowest BCUT2D eigenvalue weighted by molar-refractivity contribution is -0.134. The summed E-state index contributed by atoms with van der Waals surface area (Å²) in [5.41, 5.74) is 2.84. The van der Waals surface area contributed by atoms with Gasteiger partial charge < -0.3 is 4.90 Å². The van der Waals surface area contributed by atoms with Gasteiger partial charge in [-0.15, -0.1) is 0 Å². The minimum absolute atomic E-state index is 0.00972. The van der Waals surface area contributed by atoms with E-state index in [0.29, 0.717) is 46.7 Å². The van der Waals surface area contributed by atoms with Gasteiger partial charge >= 0.3 is 5.69 Å². The van der Waals surface area contributed by atoms with Crippen LogP contribution in [0, 0.1) is 11.3 Å². The van der Waals surface area contributed by atoms with Gasteiger partial charge in [-0.1, -0.05) is 0 Å². The minimum Gasteiger partial charge on any atom is -0.339 e. The minimum atomic E-state index is -0.189. The molecule has 5 heterocycles. The zero-order valence-electron chi connectivity index (χ0n) is 15.8. The number of fused-ring (bicyclic) bond motifs is 2. The standard InChI is InChI=1S/C19H16N8O2/c1-11(28)25-9-13(10-25)27-18-16(24(2)19(27)29)8-21-17(23-18)14-7-22-26-4-3-12(6-20)5-15(14)26/h3-5,7-8,13H,9-10H2,1-2H3. The lowest BCUT2D eigenvalue weighted by Gasteiger charge is -2.38. The topological polar surface area (TPSA) is 114 Å². The summed E-state index contributed by atoms with van der Waals surface area (Å²) in [6.45, 7) is 2.48. The smallest absolute Gasteiger partial charge is 0.330 e. The van der Waals surface area contributed by atoms with Crippen LogP contribution in [-0.4, -0.2) is 52.6 Å². The van der Waals surface area contributed by atoms with Gasteiger partial charge in [-0.05, 0) is 12.1 Å². The molecule has 0 N–H and O–H groups in total. The summed E-state index contributed by atoms with van der Waals surface area (Å²) in [5, 5.41) is 13.5. The van der Waals surface area contributed by atoms with Crippen molar-refractivity contribution in [3.05, 3.63) is 46.8 Å². The predicted molar refractivity (Wildman–Crippen MR) is 103 cm³/mol. The zero-order valence-corrected chi connectivity index (χ0v) is 15.8. The van der Waals surface area contributed by atoms with E-state index >= 15 is 0 Å². The van der Waals surface area contributed by atoms with Gasteiger partial charge in [-0.2, -0.15) is 10.4 Å². The fraction of sp³-hybridized carbons (Fsp3) is 0.263. The van der Waals surface area contributed by atoms with Crippen molar-refractivity contribution in [1.29, 1.82) is 5.26 Å². The van der Waals surface area contributed by atoms with Crippen LogP contribution in [-0.2, 0) is 11.8 Å². The SMILES string of the molecule is CC(=O)N1CC(n2c(=O)n(C)c3cnc(-c4cnn5ccc(C#N)cc45)nc32)C1. The van der Waals surface area contributed by atoms with Crippen molar-refractivity contribution in [1.82, 2.24) is 33.6 Å². The van der Waals surface area contributed by atoms with Crippen LogP contribution in [0.25, 0.3) is 28.1 Å². The molecular formula is C19H16N8O2. The van der Waals surface area contributed by atoms with Gasteiger partial charge in [0, 0.05) is 33.3 Å². The van der Waals surface area contributed by atoms with Gasteiger partial charge in [0.1, 0.15) is 5.52 Å². The molecule has 0 aliphatic carbocycles. The Kier molecular flexibility index (Phi) is 3.54. The van der Waals surface area contributed by atoms with Gasteiger partial charge in [-0.25, -0.2) is 19.3 Å². The predicted octanol–water partition coefficient (Wildman–Crippen LogP) is 0.720. The van der Waals surface area contributed by atoms with E-state index in [0.717, 1.165) is 0 Å². The summed E-state index contributed by atoms with van der Waals surface area (Å²) in [6.07, 6.45) is 4.97. The zero-order chi connectivity index (χ0) is 20.3. The summed E-state index contributed by atoms with van der Waals surface area (Å²) in [5.74, 6) is 0.411. The molecule has 1 saturated heterocycles. The second-order valence-electron chi connectivity index (χ2n) is 7.11. The van der Waals surface area contributed by atoms with Gasteiger partial charge in [0.05, 0.1) is 41.1 Å². The Hall–Kier alpha value is -4.00. The molecule has 0 unspecified atom stereocenters. The van der Waals surface area contributed by atoms with E-state index in [1.54, 1.807) is 51.8 Å². The Morgan fingerprint density at radius 2 is 2.07 bits per heavy atom. The highest BCUT2D eigenvalue weighted by Crippen LogP contribution is 2.26. The summed E-state index contributed by atoms with van der Waals surface area (Å²) < 4.78 is 4.80. The van der Waals surface area contributed by atoms with Crippen LogP contribution in [0.4, 0.5) is 0 Å². The molecule has 0 bridgehead atoms. The molecule has 5 rings (SSSR count). The Labute approximate surface area is 164 Å². The van der Waals surface area contributed by atoms with Crippen LogP contribution < -0.4 is 5.69 Å². The maximum absolute atomic E-state index is 12.8. The normalized spacial score (nSPS) is 14.3. The largest absolute Gasteiger partial charge is 0.339 e. The first kappa shape index (κ1) is 17.1. The third kappa shape index (κ3) is 2.44. The number of carbonyl (C=O) groups excluding carboxylic acids is 1. The summed E-state index contributed by atoms with van der Waals surface area (Å²) in [4.78, 5) is 35.1. The number of amides is 1. The average molecular weight is 388 g/mol. The van der Waals surface area contributed by atoms with Crippen LogP contribution >= 0.6 is 0 Å². The number of likely N-dealkylation sites (tertiary alicyclic amines) is 1. The molecule has 0 radical (unpaired) electrons. The molecular weight excluding hydrogens is 372 g/mol. The second-order valence-corrected chi connectivity index (χ2v) is 7.11. The average Bonchev–Trinajstić information content (AvgIpc) is 3.20. The van der Waals surface area contributed by atoms with Crippen molar-refractivity contribution in [3.8, 4) is 17.5 Å². The van der Waals surface area contributed by atoms with Gasteiger partial charge in [0.25, 0.3) is 0 Å². The fourth-order valence-electron chi connectivity index (χ4n) is 3.69. The number of aromatic nitrogens is 6. The maximum atomic E-state index is 12.8. The maximum Gasteiger partial charge on any atom is 0.330 e. The molecule has 4 aromatic rings. The Bertz CT molecular complexity index is 1400. The van der Waals surface area contributed by atoms with E-state index in [1.807, 2.05) is 0 Å². The number of hydrogen-bond acceptors (Lipinski definition) is 6. The van der Waals surface area contributed by atoms with Crippen molar-refractivity contribution in [2.45, 2.75) is 13.0 Å². The van der Waals surface area contributed by atoms with Crippen LogP contribution in [0.3, 0.4) is 0 Å².